The minimum Gasteiger partial charge on any atom is -0.497 e. The molecule has 0 aromatic heterocycles. The van der Waals surface area contributed by atoms with Crippen LogP contribution in [-0.4, -0.2) is 37.7 Å². The lowest BCUT2D eigenvalue weighted by molar-refractivity contribution is 0.369. The lowest BCUT2D eigenvalue weighted by Crippen LogP contribution is -2.35. The van der Waals surface area contributed by atoms with Gasteiger partial charge in [0.25, 0.3) is 0 Å². The Kier molecular flexibility index (Phi) is 5.46. The van der Waals surface area contributed by atoms with Gasteiger partial charge in [0.2, 0.25) is 10.0 Å². The zero-order chi connectivity index (χ0) is 14.6. The number of rotatable bonds is 6. The van der Waals surface area contributed by atoms with Crippen LogP contribution >= 0.6 is 15.9 Å². The Morgan fingerprint density at radius 3 is 2.65 bits per heavy atom. The van der Waals surface area contributed by atoms with Gasteiger partial charge in [-0.2, -0.15) is 4.31 Å². The van der Waals surface area contributed by atoms with Gasteiger partial charge in [-0.15, -0.1) is 0 Å². The summed E-state index contributed by atoms with van der Waals surface area (Å²) in [7, 11) is -1.81. The van der Waals surface area contributed by atoms with Crippen LogP contribution in [0.5, 0.6) is 5.75 Å². The normalized spacial score (nSPS) is 20.2. The van der Waals surface area contributed by atoms with E-state index in [-0.39, 0.29) is 6.04 Å². The summed E-state index contributed by atoms with van der Waals surface area (Å²) in [5.74, 6) is 0.668. The highest BCUT2D eigenvalue weighted by Gasteiger charge is 2.34. The van der Waals surface area contributed by atoms with Crippen LogP contribution in [0.3, 0.4) is 0 Å². The summed E-state index contributed by atoms with van der Waals surface area (Å²) in [6, 6.07) is 6.76. The van der Waals surface area contributed by atoms with Gasteiger partial charge in [-0.05, 0) is 49.9 Å². The fourth-order valence-corrected chi connectivity index (χ4v) is 4.66. The lowest BCUT2D eigenvalue weighted by atomic mass is 10.1. The van der Waals surface area contributed by atoms with Gasteiger partial charge in [0.05, 0.1) is 12.0 Å². The van der Waals surface area contributed by atoms with Gasteiger partial charge in [-0.3, -0.25) is 0 Å². The lowest BCUT2D eigenvalue weighted by Gasteiger charge is -2.24. The summed E-state index contributed by atoms with van der Waals surface area (Å²) < 4.78 is 32.1. The molecule has 0 aliphatic carbocycles. The second kappa shape index (κ2) is 6.91. The number of nitrogens with zero attached hydrogens (tertiary/aromatic N) is 1. The van der Waals surface area contributed by atoms with E-state index < -0.39 is 10.0 Å². The van der Waals surface area contributed by atoms with E-state index in [1.807, 2.05) is 0 Å². The number of ether oxygens (including phenoxy) is 1. The molecule has 1 atom stereocenters. The molecule has 0 N–H and O–H groups in total. The maximum absolute atomic E-state index is 12.7. The van der Waals surface area contributed by atoms with Crippen molar-refractivity contribution in [3.05, 3.63) is 24.3 Å². The maximum Gasteiger partial charge on any atom is 0.243 e. The van der Waals surface area contributed by atoms with E-state index >= 15 is 0 Å². The van der Waals surface area contributed by atoms with Crippen molar-refractivity contribution in [3.8, 4) is 5.75 Å². The van der Waals surface area contributed by atoms with E-state index in [0.29, 0.717) is 17.2 Å². The Morgan fingerprint density at radius 1 is 1.35 bits per heavy atom. The highest BCUT2D eigenvalue weighted by molar-refractivity contribution is 9.09. The molecule has 1 unspecified atom stereocenters. The van der Waals surface area contributed by atoms with Gasteiger partial charge < -0.3 is 4.74 Å². The summed E-state index contributed by atoms with van der Waals surface area (Å²) >= 11 is 3.41. The zero-order valence-electron chi connectivity index (χ0n) is 11.6. The standard InChI is InChI=1S/C14H20BrNO3S/c1-19-13-6-8-14(9-7-13)20(17,18)16-11-3-5-12(16)4-2-10-15/h6-9,12H,2-5,10-11H2,1H3. The fraction of sp³-hybridized carbons (Fsp3) is 0.571. The topological polar surface area (TPSA) is 46.6 Å². The first-order chi connectivity index (χ1) is 9.59. The van der Waals surface area contributed by atoms with Crippen LogP contribution in [0.2, 0.25) is 0 Å². The average Bonchev–Trinajstić information content (AvgIpc) is 2.94. The molecule has 1 saturated heterocycles. The minimum absolute atomic E-state index is 0.139. The van der Waals surface area contributed by atoms with Gasteiger partial charge in [0.1, 0.15) is 5.75 Å². The Labute approximate surface area is 129 Å². The monoisotopic (exact) mass is 361 g/mol. The molecule has 0 bridgehead atoms. The smallest absolute Gasteiger partial charge is 0.243 e. The van der Waals surface area contributed by atoms with Gasteiger partial charge in [0, 0.05) is 17.9 Å². The molecule has 4 nitrogen and oxygen atoms in total. The van der Waals surface area contributed by atoms with Crippen molar-refractivity contribution in [1.29, 1.82) is 0 Å². The van der Waals surface area contributed by atoms with Gasteiger partial charge in [-0.1, -0.05) is 15.9 Å². The third-order valence-electron chi connectivity index (χ3n) is 3.66. The van der Waals surface area contributed by atoms with E-state index in [9.17, 15) is 8.42 Å². The number of alkyl halides is 1. The molecule has 2 rings (SSSR count). The van der Waals surface area contributed by atoms with E-state index in [1.54, 1.807) is 35.7 Å². The Balaban J connectivity index is 2.19. The van der Waals surface area contributed by atoms with Crippen molar-refractivity contribution < 1.29 is 13.2 Å². The molecule has 1 heterocycles. The van der Waals surface area contributed by atoms with Crippen molar-refractivity contribution in [2.75, 3.05) is 19.0 Å². The molecule has 1 aromatic rings. The number of halogens is 1. The van der Waals surface area contributed by atoms with Crippen LogP contribution in [0, 0.1) is 0 Å². The highest BCUT2D eigenvalue weighted by atomic mass is 79.9. The van der Waals surface area contributed by atoms with Crippen LogP contribution in [-0.2, 0) is 10.0 Å². The first kappa shape index (κ1) is 15.8. The SMILES string of the molecule is COc1ccc(S(=O)(=O)N2CCCC2CCCBr)cc1. The van der Waals surface area contributed by atoms with Crippen LogP contribution in [0.4, 0.5) is 0 Å². The summed E-state index contributed by atoms with van der Waals surface area (Å²) in [5, 5.41) is 0.917. The number of hydrogen-bond donors (Lipinski definition) is 0. The molecule has 1 aromatic carbocycles. The van der Waals surface area contributed by atoms with Gasteiger partial charge in [0.15, 0.2) is 0 Å². The summed E-state index contributed by atoms with van der Waals surface area (Å²) in [4.78, 5) is 0.351. The van der Waals surface area contributed by atoms with E-state index in [0.717, 1.165) is 31.0 Å². The Hall–Kier alpha value is -0.590. The highest BCUT2D eigenvalue weighted by Crippen LogP contribution is 2.29. The van der Waals surface area contributed by atoms with E-state index in [4.69, 9.17) is 4.74 Å². The predicted octanol–water partition coefficient (Wildman–Crippen LogP) is 3.02. The van der Waals surface area contributed by atoms with E-state index in [1.165, 1.54) is 0 Å². The van der Waals surface area contributed by atoms with Crippen molar-refractivity contribution >= 4 is 26.0 Å². The maximum atomic E-state index is 12.7. The molecule has 1 aliphatic heterocycles. The Morgan fingerprint density at radius 2 is 2.05 bits per heavy atom. The molecule has 6 heteroatoms. The molecule has 112 valence electrons. The summed E-state index contributed by atoms with van der Waals surface area (Å²) in [6.07, 6.45) is 3.82. The molecule has 0 saturated carbocycles. The number of sulfonamides is 1. The van der Waals surface area contributed by atoms with Crippen molar-refractivity contribution in [2.24, 2.45) is 0 Å². The quantitative estimate of drug-likeness (QED) is 0.731. The van der Waals surface area contributed by atoms with Gasteiger partial charge in [-0.25, -0.2) is 8.42 Å². The number of benzene rings is 1. The molecule has 0 spiro atoms. The van der Waals surface area contributed by atoms with Gasteiger partial charge >= 0.3 is 0 Å². The second-order valence-electron chi connectivity index (χ2n) is 4.92. The molecule has 1 aliphatic rings. The molecule has 20 heavy (non-hydrogen) atoms. The average molecular weight is 362 g/mol. The van der Waals surface area contributed by atoms with Crippen molar-refractivity contribution in [2.45, 2.75) is 36.6 Å². The summed E-state index contributed by atoms with van der Waals surface area (Å²) in [6.45, 7) is 0.626. The van der Waals surface area contributed by atoms with Crippen LogP contribution in [0.25, 0.3) is 0 Å². The molecule has 1 fully saturated rings. The second-order valence-corrected chi connectivity index (χ2v) is 7.60. The van der Waals surface area contributed by atoms with Crippen LogP contribution in [0.1, 0.15) is 25.7 Å². The largest absolute Gasteiger partial charge is 0.497 e. The molecular formula is C14H20BrNO3S. The molecule has 0 radical (unpaired) electrons. The third kappa shape index (κ3) is 3.35. The van der Waals surface area contributed by atoms with Crippen LogP contribution in [0.15, 0.2) is 29.2 Å². The molecule has 0 amide bonds. The Bertz CT molecular complexity index is 530. The minimum atomic E-state index is -3.38. The zero-order valence-corrected chi connectivity index (χ0v) is 14.0. The first-order valence-corrected chi connectivity index (χ1v) is 9.37. The predicted molar refractivity (Wildman–Crippen MR) is 82.9 cm³/mol. The third-order valence-corrected chi connectivity index (χ3v) is 6.19. The number of hydrogen-bond acceptors (Lipinski definition) is 3. The van der Waals surface area contributed by atoms with Crippen LogP contribution < -0.4 is 4.74 Å². The number of methoxy groups -OCH3 is 1. The fourth-order valence-electron chi connectivity index (χ4n) is 2.61. The molecular weight excluding hydrogens is 342 g/mol. The van der Waals surface area contributed by atoms with Crippen molar-refractivity contribution in [3.63, 3.8) is 0 Å². The van der Waals surface area contributed by atoms with Crippen molar-refractivity contribution in [1.82, 2.24) is 4.31 Å². The van der Waals surface area contributed by atoms with E-state index in [2.05, 4.69) is 15.9 Å². The summed E-state index contributed by atoms with van der Waals surface area (Å²) in [5.41, 5.74) is 0. The first-order valence-electron chi connectivity index (χ1n) is 6.81.